The van der Waals surface area contributed by atoms with Crippen LogP contribution < -0.4 is 15.5 Å². The number of anilines is 2. The number of nitrogens with one attached hydrogen (secondary N) is 2. The van der Waals surface area contributed by atoms with Gasteiger partial charge in [-0.3, -0.25) is 4.21 Å². The Morgan fingerprint density at radius 1 is 1.19 bits per heavy atom. The van der Waals surface area contributed by atoms with Crippen molar-refractivity contribution in [2.75, 3.05) is 55.9 Å². The molecule has 37 heavy (non-hydrogen) atoms. The van der Waals surface area contributed by atoms with Crippen molar-refractivity contribution in [3.8, 4) is 0 Å². The maximum Gasteiger partial charge on any atom is 0.227 e. The molecule has 2 N–H and O–H groups in total. The fourth-order valence-corrected chi connectivity index (χ4v) is 7.39. The molecule has 9 heteroatoms. The highest BCUT2D eigenvalue weighted by Gasteiger charge is 2.34. The second-order valence-electron chi connectivity index (χ2n) is 11.1. The normalized spacial score (nSPS) is 27.0. The van der Waals surface area contributed by atoms with E-state index in [1.165, 1.54) is 5.57 Å². The Balaban J connectivity index is 1.23. The number of rotatable bonds is 9. The Morgan fingerprint density at radius 2 is 1.97 bits per heavy atom. The number of hydrogen-bond acceptors (Lipinski definition) is 8. The third-order valence-corrected chi connectivity index (χ3v) is 9.86. The zero-order valence-corrected chi connectivity index (χ0v) is 23.5. The Labute approximate surface area is 224 Å². The minimum atomic E-state index is -1.02. The molecule has 4 heterocycles. The third kappa shape index (κ3) is 6.04. The van der Waals surface area contributed by atoms with Crippen LogP contribution in [0.4, 0.5) is 11.8 Å². The van der Waals surface area contributed by atoms with E-state index in [2.05, 4.69) is 41.5 Å². The van der Waals surface area contributed by atoms with Crippen molar-refractivity contribution >= 4 is 22.6 Å². The van der Waals surface area contributed by atoms with Gasteiger partial charge in [0.25, 0.3) is 0 Å². The van der Waals surface area contributed by atoms with E-state index in [0.29, 0.717) is 11.8 Å². The van der Waals surface area contributed by atoms with Gasteiger partial charge in [-0.1, -0.05) is 25.5 Å². The van der Waals surface area contributed by atoms with E-state index in [9.17, 15) is 4.21 Å². The molecule has 0 aromatic carbocycles. The maximum atomic E-state index is 12.7. The smallest absolute Gasteiger partial charge is 0.227 e. The Morgan fingerprint density at radius 3 is 2.70 bits per heavy atom. The molecule has 0 bridgehead atoms. The van der Waals surface area contributed by atoms with Crippen LogP contribution in [0.2, 0.25) is 0 Å². The van der Waals surface area contributed by atoms with E-state index in [-0.39, 0.29) is 11.5 Å². The van der Waals surface area contributed by atoms with Crippen molar-refractivity contribution in [2.45, 2.75) is 82.3 Å². The summed E-state index contributed by atoms with van der Waals surface area (Å²) in [5.41, 5.74) is 2.63. The van der Waals surface area contributed by atoms with Gasteiger partial charge in [0, 0.05) is 63.8 Å². The van der Waals surface area contributed by atoms with Gasteiger partial charge < -0.3 is 25.0 Å². The average Bonchev–Trinajstić information content (AvgIpc) is 3.29. The molecular formula is C28H43N5O3S. The number of hydrogen-bond donors (Lipinski definition) is 2. The highest BCUT2D eigenvalue weighted by Crippen LogP contribution is 2.43. The standard InChI is InChI=1S/C28H43N5O3S/c1-4-20-5-6-23(19-28(20,2)12-13-29-3)36-22-7-14-33(15-8-22)27-31-24-11-18-37(34)25(24)26(32-27)30-21-9-16-35-17-10-21/h5-6,21-22,29H,4,7-19H2,1-3H3,(H,30,31,32). The number of fused-ring (bicyclic) bond motifs is 1. The lowest BCUT2D eigenvalue weighted by Gasteiger charge is -2.38. The highest BCUT2D eigenvalue weighted by molar-refractivity contribution is 7.85. The lowest BCUT2D eigenvalue weighted by atomic mass is 9.72. The molecule has 3 aliphatic heterocycles. The van der Waals surface area contributed by atoms with Crippen LogP contribution in [0.15, 0.2) is 28.4 Å². The van der Waals surface area contributed by atoms with Gasteiger partial charge in [-0.15, -0.1) is 0 Å². The molecule has 0 amide bonds. The summed E-state index contributed by atoms with van der Waals surface area (Å²) in [6, 6.07) is 0.308. The van der Waals surface area contributed by atoms with Crippen LogP contribution in [-0.4, -0.2) is 72.0 Å². The van der Waals surface area contributed by atoms with Gasteiger partial charge in [-0.2, -0.15) is 4.98 Å². The topological polar surface area (TPSA) is 88.6 Å². The quantitative estimate of drug-likeness (QED) is 0.497. The van der Waals surface area contributed by atoms with E-state index < -0.39 is 10.8 Å². The first-order chi connectivity index (χ1) is 18.0. The molecule has 0 radical (unpaired) electrons. The zero-order chi connectivity index (χ0) is 25.8. The SMILES string of the molecule is CCC1=CC=C(OC2CCN(c3nc4c(c(NC5CCOCC5)n3)S(=O)CC4)CC2)CC1(C)CCNC. The van der Waals surface area contributed by atoms with Gasteiger partial charge in [0.05, 0.1) is 22.3 Å². The van der Waals surface area contributed by atoms with E-state index in [4.69, 9.17) is 19.4 Å². The molecule has 2 atom stereocenters. The number of nitrogens with zero attached hydrogens (tertiary/aromatic N) is 3. The molecule has 4 aliphatic rings. The molecule has 2 saturated heterocycles. The molecule has 0 saturated carbocycles. The number of aromatic nitrogens is 2. The molecule has 1 aromatic rings. The number of piperidine rings is 1. The van der Waals surface area contributed by atoms with Gasteiger partial charge in [0.15, 0.2) is 0 Å². The van der Waals surface area contributed by atoms with Gasteiger partial charge >= 0.3 is 0 Å². The predicted octanol–water partition coefficient (Wildman–Crippen LogP) is 3.96. The lowest BCUT2D eigenvalue weighted by Crippen LogP contribution is -2.39. The molecule has 1 aromatic heterocycles. The van der Waals surface area contributed by atoms with E-state index in [1.54, 1.807) is 0 Å². The summed E-state index contributed by atoms with van der Waals surface area (Å²) in [5, 5.41) is 6.91. The molecule has 5 rings (SSSR count). The fourth-order valence-electron chi connectivity index (χ4n) is 6.07. The van der Waals surface area contributed by atoms with Gasteiger partial charge in [0.1, 0.15) is 16.8 Å². The van der Waals surface area contributed by atoms with E-state index in [0.717, 1.165) is 112 Å². The molecule has 204 valence electrons. The number of aryl methyl sites for hydroxylation is 1. The van der Waals surface area contributed by atoms with Crippen molar-refractivity contribution in [1.29, 1.82) is 0 Å². The first kappa shape index (κ1) is 26.6. The van der Waals surface area contributed by atoms with Crippen LogP contribution in [0.25, 0.3) is 0 Å². The maximum absolute atomic E-state index is 12.7. The van der Waals surface area contributed by atoms with Gasteiger partial charge in [-0.05, 0) is 50.8 Å². The number of allylic oxidation sites excluding steroid dienone is 4. The van der Waals surface area contributed by atoms with E-state index >= 15 is 0 Å². The zero-order valence-electron chi connectivity index (χ0n) is 22.7. The Kier molecular flexibility index (Phi) is 8.51. The highest BCUT2D eigenvalue weighted by atomic mass is 32.2. The Bertz CT molecular complexity index is 1050. The van der Waals surface area contributed by atoms with Crippen molar-refractivity contribution in [3.05, 3.63) is 29.2 Å². The van der Waals surface area contributed by atoms with Gasteiger partial charge in [-0.25, -0.2) is 4.98 Å². The Hall–Kier alpha value is -1.97. The van der Waals surface area contributed by atoms with Crippen molar-refractivity contribution in [2.24, 2.45) is 5.41 Å². The minimum absolute atomic E-state index is 0.161. The second kappa shape index (κ2) is 11.8. The molecule has 2 fully saturated rings. The predicted molar refractivity (Wildman–Crippen MR) is 149 cm³/mol. The lowest BCUT2D eigenvalue weighted by molar-refractivity contribution is 0.0751. The van der Waals surface area contributed by atoms with Crippen LogP contribution in [-0.2, 0) is 26.7 Å². The summed E-state index contributed by atoms with van der Waals surface area (Å²) in [6.45, 7) is 8.89. The first-order valence-electron chi connectivity index (χ1n) is 14.1. The molecule has 1 aliphatic carbocycles. The summed E-state index contributed by atoms with van der Waals surface area (Å²) in [6.07, 6.45) is 12.4. The van der Waals surface area contributed by atoms with Crippen molar-refractivity contribution < 1.29 is 13.7 Å². The van der Waals surface area contributed by atoms with Crippen molar-refractivity contribution in [1.82, 2.24) is 15.3 Å². The number of ether oxygens (including phenoxy) is 2. The average molecular weight is 530 g/mol. The first-order valence-corrected chi connectivity index (χ1v) is 15.4. The molecule has 8 nitrogen and oxygen atoms in total. The largest absolute Gasteiger partial charge is 0.495 e. The van der Waals surface area contributed by atoms with Crippen LogP contribution in [0.3, 0.4) is 0 Å². The summed E-state index contributed by atoms with van der Waals surface area (Å²) in [5.74, 6) is 3.29. The summed E-state index contributed by atoms with van der Waals surface area (Å²) >= 11 is 0. The van der Waals surface area contributed by atoms with Crippen LogP contribution >= 0.6 is 0 Å². The van der Waals surface area contributed by atoms with Gasteiger partial charge in [0.2, 0.25) is 5.95 Å². The van der Waals surface area contributed by atoms with Crippen molar-refractivity contribution in [3.63, 3.8) is 0 Å². The molecular weight excluding hydrogens is 486 g/mol. The third-order valence-electron chi connectivity index (χ3n) is 8.40. The fraction of sp³-hybridized carbons (Fsp3) is 0.714. The van der Waals surface area contributed by atoms with E-state index in [1.807, 2.05) is 7.05 Å². The van der Waals surface area contributed by atoms with Crippen LogP contribution in [0, 0.1) is 5.41 Å². The summed E-state index contributed by atoms with van der Waals surface area (Å²) in [4.78, 5) is 12.9. The molecule has 0 spiro atoms. The van der Waals surface area contributed by atoms with Crippen LogP contribution in [0.1, 0.15) is 64.5 Å². The minimum Gasteiger partial charge on any atom is -0.495 e. The molecule has 2 unspecified atom stereocenters. The second-order valence-corrected chi connectivity index (χ2v) is 12.6. The summed E-state index contributed by atoms with van der Waals surface area (Å²) in [7, 11) is 1.00. The summed E-state index contributed by atoms with van der Waals surface area (Å²) < 4.78 is 24.8. The van der Waals surface area contributed by atoms with Crippen LogP contribution in [0.5, 0.6) is 0 Å². The monoisotopic (exact) mass is 529 g/mol.